The molecule has 0 aromatic carbocycles. The van der Waals surface area contributed by atoms with E-state index in [1.165, 1.54) is 0 Å². The van der Waals surface area contributed by atoms with Crippen LogP contribution in [-0.2, 0) is 12.4 Å². The third-order valence-corrected chi connectivity index (χ3v) is 5.21. The minimum absolute atomic E-state index is 0.0352. The molecular weight excluding hydrogens is 412 g/mol. The zero-order chi connectivity index (χ0) is 20.5. The molecule has 0 unspecified atom stereocenters. The summed E-state index contributed by atoms with van der Waals surface area (Å²) in [7, 11) is 0. The Bertz CT molecular complexity index is 805. The summed E-state index contributed by atoms with van der Waals surface area (Å²) in [5.41, 5.74) is -0.150. The van der Waals surface area contributed by atoms with Crippen LogP contribution in [0.15, 0.2) is 12.4 Å². The Morgan fingerprint density at radius 1 is 1.14 bits per heavy atom. The lowest BCUT2D eigenvalue weighted by Gasteiger charge is -2.34. The van der Waals surface area contributed by atoms with Gasteiger partial charge in [0.1, 0.15) is 10.7 Å². The number of aliphatic hydroxyl groups is 1. The number of piperazine rings is 1. The van der Waals surface area contributed by atoms with Crippen LogP contribution in [0.1, 0.15) is 17.3 Å². The summed E-state index contributed by atoms with van der Waals surface area (Å²) in [5, 5.41) is 11.3. The highest BCUT2D eigenvalue weighted by atomic mass is 32.1. The smallest absolute Gasteiger partial charge is 0.396 e. The molecule has 0 aliphatic carbocycles. The van der Waals surface area contributed by atoms with Crippen LogP contribution in [0.5, 0.6) is 0 Å². The minimum Gasteiger partial charge on any atom is -0.396 e. The molecule has 3 heterocycles. The van der Waals surface area contributed by atoms with E-state index in [4.69, 9.17) is 5.11 Å². The second-order valence-electron chi connectivity index (χ2n) is 6.07. The average molecular weight is 427 g/mol. The number of nitrogens with zero attached hydrogens (tertiary/aromatic N) is 4. The topological polar surface area (TPSA) is 74.2 Å². The Kier molecular flexibility index (Phi) is 5.77. The molecule has 0 saturated carbocycles. The molecule has 6 nitrogen and oxygen atoms in total. The molecule has 2 aromatic rings. The molecule has 2 N–H and O–H groups in total. The van der Waals surface area contributed by atoms with E-state index in [1.807, 2.05) is 0 Å². The van der Waals surface area contributed by atoms with E-state index in [2.05, 4.69) is 20.3 Å². The number of aromatic nitrogens is 3. The van der Waals surface area contributed by atoms with Gasteiger partial charge in [-0.3, -0.25) is 0 Å². The summed E-state index contributed by atoms with van der Waals surface area (Å²) in [4.78, 5) is 11.7. The van der Waals surface area contributed by atoms with Gasteiger partial charge in [0.15, 0.2) is 0 Å². The van der Waals surface area contributed by atoms with Gasteiger partial charge in [-0.1, -0.05) is 11.3 Å². The number of thiazole rings is 1. The van der Waals surface area contributed by atoms with Crippen LogP contribution in [0.25, 0.3) is 11.3 Å². The van der Waals surface area contributed by atoms with Crippen LogP contribution in [-0.4, -0.2) is 52.3 Å². The number of hydrogen-bond donors (Lipinski definition) is 2. The molecule has 0 spiro atoms. The van der Waals surface area contributed by atoms with Crippen molar-refractivity contribution in [3.63, 3.8) is 0 Å². The molecule has 0 radical (unpaired) electrons. The Labute approximate surface area is 159 Å². The Morgan fingerprint density at radius 3 is 2.39 bits per heavy atom. The van der Waals surface area contributed by atoms with Crippen LogP contribution >= 0.6 is 11.3 Å². The maximum absolute atomic E-state index is 13.2. The standard InChI is InChI=1S/C15H15F6N5OS/c16-14(17,18)12-23-5-8(6-24-12)10-11(28-13(25-10)15(19,20)21)26-3-2-22-9(7-26)1-4-27/h5-6,9,22,27H,1-4,7H2/t9-/m1/s1. The van der Waals surface area contributed by atoms with Gasteiger partial charge in [0, 0.05) is 50.2 Å². The number of aliphatic hydroxyl groups excluding tert-OH is 1. The summed E-state index contributed by atoms with van der Waals surface area (Å²) in [5.74, 6) is -1.38. The van der Waals surface area contributed by atoms with E-state index in [0.717, 1.165) is 12.4 Å². The number of anilines is 1. The van der Waals surface area contributed by atoms with Gasteiger partial charge in [0.05, 0.1) is 0 Å². The first-order chi connectivity index (χ1) is 13.1. The maximum atomic E-state index is 13.2. The quantitative estimate of drug-likeness (QED) is 0.732. The molecule has 1 fully saturated rings. The molecule has 1 aliphatic heterocycles. The number of nitrogens with one attached hydrogen (secondary N) is 1. The highest BCUT2D eigenvalue weighted by Crippen LogP contribution is 2.42. The Balaban J connectivity index is 1.99. The molecule has 13 heteroatoms. The lowest BCUT2D eigenvalue weighted by atomic mass is 10.1. The predicted octanol–water partition coefficient (Wildman–Crippen LogP) is 2.80. The van der Waals surface area contributed by atoms with Gasteiger partial charge in [-0.2, -0.15) is 26.3 Å². The fourth-order valence-electron chi connectivity index (χ4n) is 2.79. The van der Waals surface area contributed by atoms with Crippen molar-refractivity contribution in [3.8, 4) is 11.3 Å². The van der Waals surface area contributed by atoms with Gasteiger partial charge in [0.25, 0.3) is 0 Å². The fraction of sp³-hybridized carbons (Fsp3) is 0.533. The van der Waals surface area contributed by atoms with Crippen molar-refractivity contribution in [2.75, 3.05) is 31.1 Å². The van der Waals surface area contributed by atoms with Crippen LogP contribution in [0, 0.1) is 0 Å². The van der Waals surface area contributed by atoms with Crippen molar-refractivity contribution >= 4 is 16.3 Å². The molecule has 0 bridgehead atoms. The SMILES string of the molecule is OCC[C@@H]1CN(c2sc(C(F)(F)F)nc2-c2cnc(C(F)(F)F)nc2)CCN1. The number of alkyl halides is 6. The maximum Gasteiger partial charge on any atom is 0.451 e. The van der Waals surface area contributed by atoms with Gasteiger partial charge in [0.2, 0.25) is 10.8 Å². The number of halogens is 6. The van der Waals surface area contributed by atoms with Crippen molar-refractivity contribution in [2.24, 2.45) is 0 Å². The summed E-state index contributed by atoms with van der Waals surface area (Å²) in [6.07, 6.45) is -7.39. The number of hydrogen-bond acceptors (Lipinski definition) is 7. The lowest BCUT2D eigenvalue weighted by Crippen LogP contribution is -2.51. The molecule has 0 amide bonds. The third-order valence-electron chi connectivity index (χ3n) is 4.05. The second-order valence-corrected chi connectivity index (χ2v) is 7.05. The first-order valence-corrected chi connectivity index (χ1v) is 8.98. The second kappa shape index (κ2) is 7.79. The zero-order valence-corrected chi connectivity index (χ0v) is 15.0. The van der Waals surface area contributed by atoms with Crippen LogP contribution in [0.2, 0.25) is 0 Å². The predicted molar refractivity (Wildman–Crippen MR) is 88.9 cm³/mol. The van der Waals surface area contributed by atoms with Gasteiger partial charge in [-0.15, -0.1) is 0 Å². The minimum atomic E-state index is -4.75. The Morgan fingerprint density at radius 2 is 1.82 bits per heavy atom. The van der Waals surface area contributed by atoms with E-state index in [-0.39, 0.29) is 28.9 Å². The largest absolute Gasteiger partial charge is 0.451 e. The number of rotatable bonds is 4. The van der Waals surface area contributed by atoms with E-state index in [1.54, 1.807) is 4.90 Å². The first kappa shape index (κ1) is 20.7. The van der Waals surface area contributed by atoms with E-state index in [0.29, 0.717) is 37.4 Å². The fourth-order valence-corrected chi connectivity index (χ4v) is 3.78. The van der Waals surface area contributed by atoms with Crippen LogP contribution in [0.4, 0.5) is 31.3 Å². The molecule has 154 valence electrons. The van der Waals surface area contributed by atoms with E-state index in [9.17, 15) is 26.3 Å². The summed E-state index contributed by atoms with van der Waals surface area (Å²) in [6, 6.07) is -0.133. The van der Waals surface area contributed by atoms with Crippen molar-refractivity contribution in [1.29, 1.82) is 0 Å². The summed E-state index contributed by atoms with van der Waals surface area (Å²) in [6.45, 7) is 1.11. The molecule has 1 saturated heterocycles. The zero-order valence-electron chi connectivity index (χ0n) is 14.2. The Hall–Kier alpha value is -1.99. The molecule has 3 rings (SSSR count). The van der Waals surface area contributed by atoms with E-state index >= 15 is 0 Å². The van der Waals surface area contributed by atoms with Gasteiger partial charge >= 0.3 is 12.4 Å². The molecule has 1 atom stereocenters. The van der Waals surface area contributed by atoms with Gasteiger partial charge in [-0.05, 0) is 6.42 Å². The van der Waals surface area contributed by atoms with Crippen LogP contribution < -0.4 is 10.2 Å². The normalized spacial score (nSPS) is 18.5. The molecular formula is C15H15F6N5OS. The summed E-state index contributed by atoms with van der Waals surface area (Å²) < 4.78 is 77.5. The summed E-state index contributed by atoms with van der Waals surface area (Å²) >= 11 is 0.419. The monoisotopic (exact) mass is 427 g/mol. The van der Waals surface area contributed by atoms with Gasteiger partial charge in [-0.25, -0.2) is 15.0 Å². The highest BCUT2D eigenvalue weighted by molar-refractivity contribution is 7.16. The van der Waals surface area contributed by atoms with Crippen molar-refractivity contribution in [1.82, 2.24) is 20.3 Å². The van der Waals surface area contributed by atoms with Crippen molar-refractivity contribution in [2.45, 2.75) is 24.8 Å². The van der Waals surface area contributed by atoms with Crippen molar-refractivity contribution < 1.29 is 31.4 Å². The van der Waals surface area contributed by atoms with Crippen LogP contribution in [0.3, 0.4) is 0 Å². The molecule has 2 aromatic heterocycles. The lowest BCUT2D eigenvalue weighted by molar-refractivity contribution is -0.145. The van der Waals surface area contributed by atoms with Gasteiger partial charge < -0.3 is 15.3 Å². The highest BCUT2D eigenvalue weighted by Gasteiger charge is 2.38. The third kappa shape index (κ3) is 4.52. The molecule has 28 heavy (non-hydrogen) atoms. The molecule has 1 aliphatic rings. The van der Waals surface area contributed by atoms with E-state index < -0.39 is 23.2 Å². The van der Waals surface area contributed by atoms with Crippen molar-refractivity contribution in [3.05, 3.63) is 23.2 Å². The first-order valence-electron chi connectivity index (χ1n) is 8.16. The average Bonchev–Trinajstić information content (AvgIpc) is 3.07.